The Morgan fingerprint density at radius 1 is 1.44 bits per heavy atom. The van der Waals surface area contributed by atoms with Gasteiger partial charge in [-0.15, -0.1) is 11.3 Å². The van der Waals surface area contributed by atoms with Crippen LogP contribution in [0.4, 0.5) is 11.5 Å². The molecule has 6 heteroatoms. The van der Waals surface area contributed by atoms with E-state index in [1.165, 1.54) is 23.9 Å². The lowest BCUT2D eigenvalue weighted by atomic mass is 10.2. The SMILES string of the molecule is CCc1ccsc1CNc1ncnc(OC)c1N. The summed E-state index contributed by atoms with van der Waals surface area (Å²) in [6, 6.07) is 2.14. The van der Waals surface area contributed by atoms with Gasteiger partial charge in [-0.2, -0.15) is 4.98 Å². The summed E-state index contributed by atoms with van der Waals surface area (Å²) in [7, 11) is 1.54. The number of rotatable bonds is 5. The Hall–Kier alpha value is -1.82. The summed E-state index contributed by atoms with van der Waals surface area (Å²) in [6.07, 6.45) is 2.47. The van der Waals surface area contributed by atoms with Crippen molar-refractivity contribution in [1.29, 1.82) is 0 Å². The molecule has 2 rings (SSSR count). The topological polar surface area (TPSA) is 73.1 Å². The van der Waals surface area contributed by atoms with E-state index >= 15 is 0 Å². The van der Waals surface area contributed by atoms with Gasteiger partial charge in [0.2, 0.25) is 5.88 Å². The summed E-state index contributed by atoms with van der Waals surface area (Å²) in [5, 5.41) is 5.32. The highest BCUT2D eigenvalue weighted by Crippen LogP contribution is 2.25. The third-order valence-electron chi connectivity index (χ3n) is 2.68. The molecule has 2 aromatic rings. The molecule has 0 saturated heterocycles. The zero-order chi connectivity index (χ0) is 13.0. The highest BCUT2D eigenvalue weighted by molar-refractivity contribution is 7.10. The number of methoxy groups -OCH3 is 1. The van der Waals surface area contributed by atoms with Gasteiger partial charge < -0.3 is 15.8 Å². The molecule has 0 atom stereocenters. The Morgan fingerprint density at radius 2 is 2.28 bits per heavy atom. The van der Waals surface area contributed by atoms with Crippen LogP contribution in [0.2, 0.25) is 0 Å². The minimum atomic E-state index is 0.398. The molecule has 0 bridgehead atoms. The second kappa shape index (κ2) is 5.68. The summed E-state index contributed by atoms with van der Waals surface area (Å²) >= 11 is 1.73. The maximum absolute atomic E-state index is 5.89. The molecule has 0 aromatic carbocycles. The molecule has 2 aromatic heterocycles. The van der Waals surface area contributed by atoms with E-state index in [1.54, 1.807) is 11.3 Å². The van der Waals surface area contributed by atoms with Crippen LogP contribution in [0.1, 0.15) is 17.4 Å². The van der Waals surface area contributed by atoms with Crippen molar-refractivity contribution in [3.63, 3.8) is 0 Å². The van der Waals surface area contributed by atoms with Crippen LogP contribution in [-0.4, -0.2) is 17.1 Å². The van der Waals surface area contributed by atoms with Crippen molar-refractivity contribution in [3.8, 4) is 5.88 Å². The summed E-state index contributed by atoms with van der Waals surface area (Å²) in [4.78, 5) is 9.36. The van der Waals surface area contributed by atoms with E-state index in [-0.39, 0.29) is 0 Å². The molecule has 18 heavy (non-hydrogen) atoms. The number of ether oxygens (including phenoxy) is 1. The van der Waals surface area contributed by atoms with Crippen LogP contribution in [0.15, 0.2) is 17.8 Å². The lowest BCUT2D eigenvalue weighted by molar-refractivity contribution is 0.399. The van der Waals surface area contributed by atoms with E-state index in [0.29, 0.717) is 23.9 Å². The molecule has 0 spiro atoms. The number of aromatic nitrogens is 2. The standard InChI is InChI=1S/C12H16N4OS/c1-3-8-4-5-18-9(8)6-14-11-10(13)12(17-2)16-7-15-11/h4-5,7H,3,6,13H2,1-2H3,(H,14,15,16). The van der Waals surface area contributed by atoms with E-state index in [0.717, 1.165) is 6.42 Å². The van der Waals surface area contributed by atoms with Crippen LogP contribution in [0.5, 0.6) is 5.88 Å². The number of nitrogens with two attached hydrogens (primary N) is 1. The molecule has 5 nitrogen and oxygen atoms in total. The zero-order valence-electron chi connectivity index (χ0n) is 10.4. The predicted molar refractivity (Wildman–Crippen MR) is 74.0 cm³/mol. The van der Waals surface area contributed by atoms with Gasteiger partial charge in [0.1, 0.15) is 12.0 Å². The summed E-state index contributed by atoms with van der Waals surface area (Å²) in [5.74, 6) is 1.01. The molecule has 0 aliphatic heterocycles. The lowest BCUT2D eigenvalue weighted by Gasteiger charge is -2.10. The smallest absolute Gasteiger partial charge is 0.242 e. The zero-order valence-corrected chi connectivity index (χ0v) is 11.3. The molecule has 2 heterocycles. The van der Waals surface area contributed by atoms with Gasteiger partial charge in [-0.05, 0) is 23.4 Å². The van der Waals surface area contributed by atoms with Gasteiger partial charge in [-0.3, -0.25) is 0 Å². The number of nitrogen functional groups attached to an aromatic ring is 1. The second-order valence-corrected chi connectivity index (χ2v) is 4.72. The summed E-state index contributed by atoms with van der Waals surface area (Å²) in [6.45, 7) is 2.86. The fourth-order valence-electron chi connectivity index (χ4n) is 1.68. The van der Waals surface area contributed by atoms with Gasteiger partial charge in [-0.1, -0.05) is 6.92 Å². The Balaban J connectivity index is 2.11. The fraction of sp³-hybridized carbons (Fsp3) is 0.333. The monoisotopic (exact) mass is 264 g/mol. The van der Waals surface area contributed by atoms with Gasteiger partial charge in [0.15, 0.2) is 5.82 Å². The number of nitrogens with zero attached hydrogens (tertiary/aromatic N) is 2. The van der Waals surface area contributed by atoms with Crippen molar-refractivity contribution in [1.82, 2.24) is 9.97 Å². The molecular weight excluding hydrogens is 248 g/mol. The number of anilines is 2. The summed E-state index contributed by atoms with van der Waals surface area (Å²) < 4.78 is 5.05. The number of hydrogen-bond donors (Lipinski definition) is 2. The first-order chi connectivity index (χ1) is 8.76. The molecule has 0 aliphatic rings. The first kappa shape index (κ1) is 12.6. The van der Waals surface area contributed by atoms with Crippen molar-refractivity contribution in [2.45, 2.75) is 19.9 Å². The van der Waals surface area contributed by atoms with E-state index in [9.17, 15) is 0 Å². The highest BCUT2D eigenvalue weighted by atomic mass is 32.1. The number of aryl methyl sites for hydroxylation is 1. The molecule has 0 saturated carbocycles. The first-order valence-corrected chi connectivity index (χ1v) is 6.57. The fourth-order valence-corrected chi connectivity index (χ4v) is 2.60. The average Bonchev–Trinajstić information content (AvgIpc) is 2.85. The molecule has 0 unspecified atom stereocenters. The van der Waals surface area contributed by atoms with Gasteiger partial charge in [0, 0.05) is 4.88 Å². The van der Waals surface area contributed by atoms with Gasteiger partial charge in [0.25, 0.3) is 0 Å². The van der Waals surface area contributed by atoms with Crippen molar-refractivity contribution < 1.29 is 4.74 Å². The molecule has 0 amide bonds. The molecule has 0 aliphatic carbocycles. The average molecular weight is 264 g/mol. The quantitative estimate of drug-likeness (QED) is 0.867. The Morgan fingerprint density at radius 3 is 3.00 bits per heavy atom. The molecule has 0 fully saturated rings. The van der Waals surface area contributed by atoms with Crippen LogP contribution >= 0.6 is 11.3 Å². The molecule has 96 valence electrons. The van der Waals surface area contributed by atoms with Crippen LogP contribution in [-0.2, 0) is 13.0 Å². The van der Waals surface area contributed by atoms with Gasteiger partial charge in [0.05, 0.1) is 13.7 Å². The normalized spacial score (nSPS) is 10.3. The van der Waals surface area contributed by atoms with Gasteiger partial charge >= 0.3 is 0 Å². The van der Waals surface area contributed by atoms with Crippen molar-refractivity contribution in [2.24, 2.45) is 0 Å². The Bertz CT molecular complexity index is 527. The maximum atomic E-state index is 5.89. The third-order valence-corrected chi connectivity index (χ3v) is 3.64. The van der Waals surface area contributed by atoms with Crippen LogP contribution < -0.4 is 15.8 Å². The first-order valence-electron chi connectivity index (χ1n) is 5.69. The van der Waals surface area contributed by atoms with E-state index in [4.69, 9.17) is 10.5 Å². The minimum absolute atomic E-state index is 0.398. The number of hydrogen-bond acceptors (Lipinski definition) is 6. The summed E-state index contributed by atoms with van der Waals surface area (Å²) in [5.41, 5.74) is 7.69. The van der Waals surface area contributed by atoms with Gasteiger partial charge in [-0.25, -0.2) is 4.98 Å². The Kier molecular flexibility index (Phi) is 3.99. The molecule has 0 radical (unpaired) electrons. The van der Waals surface area contributed by atoms with E-state index < -0.39 is 0 Å². The van der Waals surface area contributed by atoms with Crippen LogP contribution in [0, 0.1) is 0 Å². The van der Waals surface area contributed by atoms with Crippen LogP contribution in [0.25, 0.3) is 0 Å². The molecular formula is C12H16N4OS. The van der Waals surface area contributed by atoms with Crippen molar-refractivity contribution in [3.05, 3.63) is 28.2 Å². The Labute approximate surface area is 110 Å². The van der Waals surface area contributed by atoms with Crippen molar-refractivity contribution >= 4 is 22.8 Å². The maximum Gasteiger partial charge on any atom is 0.242 e. The minimum Gasteiger partial charge on any atom is -0.479 e. The third kappa shape index (κ3) is 2.53. The largest absolute Gasteiger partial charge is 0.479 e. The van der Waals surface area contributed by atoms with E-state index in [2.05, 4.69) is 33.7 Å². The van der Waals surface area contributed by atoms with Crippen molar-refractivity contribution in [2.75, 3.05) is 18.2 Å². The number of thiophene rings is 1. The molecule has 3 N–H and O–H groups in total. The second-order valence-electron chi connectivity index (χ2n) is 3.72. The lowest BCUT2D eigenvalue weighted by Crippen LogP contribution is -2.07. The number of nitrogens with one attached hydrogen (secondary N) is 1. The van der Waals surface area contributed by atoms with E-state index in [1.807, 2.05) is 0 Å². The van der Waals surface area contributed by atoms with Crippen LogP contribution in [0.3, 0.4) is 0 Å². The highest BCUT2D eigenvalue weighted by Gasteiger charge is 2.09. The predicted octanol–water partition coefficient (Wildman–Crippen LogP) is 2.30.